The second kappa shape index (κ2) is 6.94. The van der Waals surface area contributed by atoms with Gasteiger partial charge in [-0.2, -0.15) is 10.2 Å². The van der Waals surface area contributed by atoms with E-state index in [1.54, 1.807) is 0 Å². The third kappa shape index (κ3) is 2.71. The Labute approximate surface area is 177 Å². The first kappa shape index (κ1) is 18.1. The highest BCUT2D eigenvalue weighted by molar-refractivity contribution is 5.84. The quantitative estimate of drug-likeness (QED) is 0.717. The van der Waals surface area contributed by atoms with Gasteiger partial charge in [0.05, 0.1) is 29.3 Å². The van der Waals surface area contributed by atoms with Gasteiger partial charge >= 0.3 is 0 Å². The predicted octanol–water partition coefficient (Wildman–Crippen LogP) is 2.35. The van der Waals surface area contributed by atoms with Crippen molar-refractivity contribution in [3.8, 4) is 11.3 Å². The Morgan fingerprint density at radius 1 is 1.13 bits per heavy atom. The third-order valence-electron chi connectivity index (χ3n) is 7.11. The molecule has 1 fully saturated rings. The smallest absolute Gasteiger partial charge is 0.0910 e. The van der Waals surface area contributed by atoms with Crippen molar-refractivity contribution in [1.29, 1.82) is 0 Å². The number of rotatable bonds is 2. The zero-order valence-corrected chi connectivity index (χ0v) is 17.7. The van der Waals surface area contributed by atoms with Crippen LogP contribution in [0.15, 0.2) is 17.4 Å². The number of aryl methyl sites for hydroxylation is 1. The lowest BCUT2D eigenvalue weighted by molar-refractivity contribution is 0.287. The molecule has 2 aliphatic carbocycles. The number of hydrazone groups is 1. The average Bonchev–Trinajstić information content (AvgIpc) is 3.41. The number of hydrogen-bond acceptors (Lipinski definition) is 6. The molecule has 4 aliphatic rings. The summed E-state index contributed by atoms with van der Waals surface area (Å²) in [5.74, 6) is 0.280. The van der Waals surface area contributed by atoms with Crippen molar-refractivity contribution in [2.75, 3.05) is 19.6 Å². The molecule has 0 radical (unpaired) electrons. The first-order chi connectivity index (χ1) is 14.7. The van der Waals surface area contributed by atoms with Gasteiger partial charge < -0.3 is 15.6 Å². The SMILES string of the molecule is Cc1[nH]ncc1-c1nc2c(c3c1CCCC3)C1C=NNC1C=C2N1CCN[C@H](C)C1. The minimum absolute atomic E-state index is 0.229. The highest BCUT2D eigenvalue weighted by Gasteiger charge is 2.39. The first-order valence-electron chi connectivity index (χ1n) is 11.3. The lowest BCUT2D eigenvalue weighted by Gasteiger charge is -2.39. The topological polar surface area (TPSA) is 81.2 Å². The fourth-order valence-electron chi connectivity index (χ4n) is 5.65. The van der Waals surface area contributed by atoms with Crippen molar-refractivity contribution < 1.29 is 0 Å². The van der Waals surface area contributed by atoms with Crippen molar-refractivity contribution in [2.24, 2.45) is 5.10 Å². The summed E-state index contributed by atoms with van der Waals surface area (Å²) in [5, 5.41) is 15.5. The van der Waals surface area contributed by atoms with Crippen LogP contribution < -0.4 is 10.7 Å². The molecule has 0 saturated carbocycles. The minimum Gasteiger partial charge on any atom is -0.367 e. The Balaban J connectivity index is 1.58. The van der Waals surface area contributed by atoms with E-state index in [-0.39, 0.29) is 12.0 Å². The Bertz CT molecular complexity index is 1050. The summed E-state index contributed by atoms with van der Waals surface area (Å²) in [6, 6.07) is 0.703. The van der Waals surface area contributed by atoms with Crippen molar-refractivity contribution >= 4 is 11.9 Å². The van der Waals surface area contributed by atoms with Gasteiger partial charge in [0.1, 0.15) is 0 Å². The third-order valence-corrected chi connectivity index (χ3v) is 7.11. The van der Waals surface area contributed by atoms with Gasteiger partial charge in [-0.3, -0.25) is 5.10 Å². The molecular formula is C23H29N7. The van der Waals surface area contributed by atoms with Crippen LogP contribution in [-0.2, 0) is 12.8 Å². The molecule has 3 atom stereocenters. The highest BCUT2D eigenvalue weighted by atomic mass is 15.3. The molecule has 0 amide bonds. The van der Waals surface area contributed by atoms with E-state index >= 15 is 0 Å². The number of aromatic nitrogens is 3. The van der Waals surface area contributed by atoms with Gasteiger partial charge in [-0.05, 0) is 62.3 Å². The predicted molar refractivity (Wildman–Crippen MR) is 118 cm³/mol. The number of nitrogens with one attached hydrogen (secondary N) is 3. The largest absolute Gasteiger partial charge is 0.367 e. The summed E-state index contributed by atoms with van der Waals surface area (Å²) in [6.07, 6.45) is 11.1. The van der Waals surface area contributed by atoms with Crippen LogP contribution in [0.25, 0.3) is 17.0 Å². The molecular weight excluding hydrogens is 374 g/mol. The summed E-state index contributed by atoms with van der Waals surface area (Å²) < 4.78 is 0. The van der Waals surface area contributed by atoms with Crippen molar-refractivity contribution in [1.82, 2.24) is 30.8 Å². The molecule has 2 aromatic rings. The second-order valence-corrected chi connectivity index (χ2v) is 9.11. The zero-order valence-electron chi connectivity index (χ0n) is 17.7. The molecule has 3 N–H and O–H groups in total. The van der Waals surface area contributed by atoms with E-state index in [1.165, 1.54) is 35.2 Å². The second-order valence-electron chi connectivity index (χ2n) is 9.11. The van der Waals surface area contributed by atoms with Gasteiger partial charge in [0.15, 0.2) is 0 Å². The molecule has 2 unspecified atom stereocenters. The molecule has 0 spiro atoms. The van der Waals surface area contributed by atoms with Gasteiger partial charge in [-0.1, -0.05) is 0 Å². The van der Waals surface area contributed by atoms with Crippen LogP contribution in [-0.4, -0.2) is 58.0 Å². The van der Waals surface area contributed by atoms with E-state index in [9.17, 15) is 0 Å². The molecule has 30 heavy (non-hydrogen) atoms. The number of fused-ring (bicyclic) bond motifs is 5. The summed E-state index contributed by atoms with van der Waals surface area (Å²) in [7, 11) is 0. The van der Waals surface area contributed by atoms with Crippen molar-refractivity contribution in [2.45, 2.75) is 57.5 Å². The van der Waals surface area contributed by atoms with Crippen LogP contribution in [0, 0.1) is 6.92 Å². The molecule has 7 nitrogen and oxygen atoms in total. The van der Waals surface area contributed by atoms with Gasteiger partial charge in [0.25, 0.3) is 0 Å². The standard InChI is InChI=1S/C23H29N7/c1-13-12-30(8-7-24-13)20-9-19-18(11-26-29-19)21-15-5-3-4-6-16(15)22(27-23(20)21)17-10-25-28-14(17)2/h9-11,13,18-19,24,29H,3-8,12H2,1-2H3,(H,25,28)/t13-,18?,19?/m1/s1. The Morgan fingerprint density at radius 2 is 2.00 bits per heavy atom. The van der Waals surface area contributed by atoms with Crippen LogP contribution >= 0.6 is 0 Å². The molecule has 156 valence electrons. The monoisotopic (exact) mass is 403 g/mol. The molecule has 2 aliphatic heterocycles. The molecule has 7 heteroatoms. The van der Waals surface area contributed by atoms with E-state index in [0.29, 0.717) is 6.04 Å². The van der Waals surface area contributed by atoms with Crippen LogP contribution in [0.3, 0.4) is 0 Å². The van der Waals surface area contributed by atoms with E-state index in [2.05, 4.69) is 57.1 Å². The number of piperazine rings is 1. The maximum absolute atomic E-state index is 5.39. The van der Waals surface area contributed by atoms with Gasteiger partial charge in [0.2, 0.25) is 0 Å². The van der Waals surface area contributed by atoms with Crippen LogP contribution in [0.5, 0.6) is 0 Å². The van der Waals surface area contributed by atoms with Crippen molar-refractivity contribution in [3.63, 3.8) is 0 Å². The molecule has 1 saturated heterocycles. The lowest BCUT2D eigenvalue weighted by Crippen LogP contribution is -2.49. The zero-order chi connectivity index (χ0) is 20.2. The maximum atomic E-state index is 5.39. The fraction of sp³-hybridized carbons (Fsp3) is 0.522. The number of H-pyrrole nitrogens is 1. The summed E-state index contributed by atoms with van der Waals surface area (Å²) in [5.41, 5.74) is 13.5. The number of hydrogen-bond donors (Lipinski definition) is 3. The van der Waals surface area contributed by atoms with E-state index in [4.69, 9.17) is 4.98 Å². The Kier molecular flexibility index (Phi) is 4.19. The normalized spacial score (nSPS) is 27.2. The van der Waals surface area contributed by atoms with Crippen LogP contribution in [0.4, 0.5) is 0 Å². The van der Waals surface area contributed by atoms with Crippen LogP contribution in [0.2, 0.25) is 0 Å². The lowest BCUT2D eigenvalue weighted by atomic mass is 9.76. The molecule has 0 aromatic carbocycles. The molecule has 4 heterocycles. The first-order valence-corrected chi connectivity index (χ1v) is 11.3. The van der Waals surface area contributed by atoms with Crippen molar-refractivity contribution in [3.05, 3.63) is 40.4 Å². The van der Waals surface area contributed by atoms with E-state index in [0.717, 1.165) is 55.1 Å². The van der Waals surface area contributed by atoms with E-state index < -0.39 is 0 Å². The van der Waals surface area contributed by atoms with Gasteiger partial charge in [0, 0.05) is 49.1 Å². The average molecular weight is 404 g/mol. The summed E-state index contributed by atoms with van der Waals surface area (Å²) in [4.78, 5) is 7.91. The highest BCUT2D eigenvalue weighted by Crippen LogP contribution is 2.44. The molecule has 0 bridgehead atoms. The molecule has 6 rings (SSSR count). The summed E-state index contributed by atoms with van der Waals surface area (Å²) in [6.45, 7) is 7.37. The van der Waals surface area contributed by atoms with Gasteiger partial charge in [-0.15, -0.1) is 0 Å². The van der Waals surface area contributed by atoms with Gasteiger partial charge in [-0.25, -0.2) is 4.98 Å². The number of nitrogens with zero attached hydrogens (tertiary/aromatic N) is 4. The number of aromatic amines is 1. The van der Waals surface area contributed by atoms with Crippen LogP contribution in [0.1, 0.15) is 53.8 Å². The maximum Gasteiger partial charge on any atom is 0.0910 e. The molecule has 2 aromatic heterocycles. The number of pyridine rings is 1. The van der Waals surface area contributed by atoms with E-state index in [1.807, 2.05) is 6.20 Å². The fourth-order valence-corrected chi connectivity index (χ4v) is 5.65. The minimum atomic E-state index is 0.229. The Hall–Kier alpha value is -2.67. The Morgan fingerprint density at radius 3 is 2.80 bits per heavy atom. The summed E-state index contributed by atoms with van der Waals surface area (Å²) >= 11 is 0.